The number of aliphatic hydroxyl groups is 3. The molecule has 0 fully saturated rings. The van der Waals surface area contributed by atoms with Gasteiger partial charge in [0.2, 0.25) is 0 Å². The van der Waals surface area contributed by atoms with Crippen LogP contribution in [0.5, 0.6) is 0 Å². The first-order chi connectivity index (χ1) is 7.69. The van der Waals surface area contributed by atoms with Crippen molar-refractivity contribution in [1.29, 1.82) is 0 Å². The van der Waals surface area contributed by atoms with Crippen molar-refractivity contribution in [2.45, 2.75) is 18.6 Å². The molecule has 0 aliphatic rings. The molecule has 16 heavy (non-hydrogen) atoms. The van der Waals surface area contributed by atoms with Crippen molar-refractivity contribution in [2.24, 2.45) is 5.11 Å². The fraction of sp³-hybridized carbons (Fsp3) is 0.400. The summed E-state index contributed by atoms with van der Waals surface area (Å²) in [5.74, 6) is 0. The third-order valence-corrected chi connectivity index (χ3v) is 2.16. The van der Waals surface area contributed by atoms with Crippen molar-refractivity contribution in [1.82, 2.24) is 0 Å². The van der Waals surface area contributed by atoms with Gasteiger partial charge in [0.05, 0.1) is 6.10 Å². The minimum atomic E-state index is -1.10. The lowest BCUT2D eigenvalue weighted by Crippen LogP contribution is -2.19. The summed E-state index contributed by atoms with van der Waals surface area (Å²) in [5.41, 5.74) is 9.08. The van der Waals surface area contributed by atoms with Crippen LogP contribution in [0.25, 0.3) is 10.4 Å². The molecule has 0 amide bonds. The van der Waals surface area contributed by atoms with E-state index >= 15 is 0 Å². The Hall–Kier alpha value is -1.59. The van der Waals surface area contributed by atoms with Gasteiger partial charge in [-0.05, 0) is 23.6 Å². The monoisotopic (exact) mass is 223 g/mol. The van der Waals surface area contributed by atoms with Gasteiger partial charge >= 0.3 is 0 Å². The van der Waals surface area contributed by atoms with E-state index in [1.165, 1.54) is 6.07 Å². The van der Waals surface area contributed by atoms with Crippen LogP contribution >= 0.6 is 0 Å². The summed E-state index contributed by atoms with van der Waals surface area (Å²) in [5, 5.41) is 31.2. The topological polar surface area (TPSA) is 109 Å². The lowest BCUT2D eigenvalue weighted by atomic mass is 10.0. The van der Waals surface area contributed by atoms with Crippen LogP contribution in [-0.4, -0.2) is 28.0 Å². The molecule has 0 aliphatic carbocycles. The van der Waals surface area contributed by atoms with Crippen LogP contribution < -0.4 is 0 Å². The van der Waals surface area contributed by atoms with Gasteiger partial charge in [-0.15, -0.1) is 0 Å². The predicted molar refractivity (Wildman–Crippen MR) is 57.9 cm³/mol. The van der Waals surface area contributed by atoms with Crippen LogP contribution in [0.4, 0.5) is 5.69 Å². The number of nitrogens with zero attached hydrogens (tertiary/aromatic N) is 3. The molecular formula is C10H13N3O3. The summed E-state index contributed by atoms with van der Waals surface area (Å²) < 4.78 is 0. The highest BCUT2D eigenvalue weighted by Gasteiger charge is 2.17. The third kappa shape index (κ3) is 3.22. The molecular weight excluding hydrogens is 210 g/mol. The van der Waals surface area contributed by atoms with Gasteiger partial charge in [0.1, 0.15) is 6.10 Å². The molecule has 1 aromatic rings. The number of azide groups is 1. The molecule has 2 atom stereocenters. The van der Waals surface area contributed by atoms with Crippen molar-refractivity contribution in [3.8, 4) is 0 Å². The van der Waals surface area contributed by atoms with Crippen LogP contribution in [-0.2, 0) is 0 Å². The molecule has 0 aliphatic heterocycles. The maximum Gasteiger partial charge on any atom is 0.105 e. The van der Waals surface area contributed by atoms with Gasteiger partial charge in [0.15, 0.2) is 0 Å². The van der Waals surface area contributed by atoms with Crippen LogP contribution in [0, 0.1) is 0 Å². The number of benzene rings is 1. The highest BCUT2D eigenvalue weighted by molar-refractivity contribution is 5.40. The molecule has 0 radical (unpaired) electrons. The van der Waals surface area contributed by atoms with E-state index in [9.17, 15) is 10.2 Å². The first-order valence-electron chi connectivity index (χ1n) is 4.81. The van der Waals surface area contributed by atoms with Gasteiger partial charge in [-0.1, -0.05) is 23.3 Å². The molecule has 0 heterocycles. The fourth-order valence-electron chi connectivity index (χ4n) is 1.33. The van der Waals surface area contributed by atoms with E-state index in [-0.39, 0.29) is 13.0 Å². The molecule has 2 unspecified atom stereocenters. The molecule has 1 aromatic carbocycles. The number of hydrogen-bond acceptors (Lipinski definition) is 4. The molecule has 0 saturated heterocycles. The van der Waals surface area contributed by atoms with E-state index in [1.54, 1.807) is 18.2 Å². The van der Waals surface area contributed by atoms with E-state index < -0.39 is 12.2 Å². The Morgan fingerprint density at radius 2 is 2.12 bits per heavy atom. The van der Waals surface area contributed by atoms with Crippen molar-refractivity contribution in [2.75, 3.05) is 6.61 Å². The molecule has 3 N–H and O–H groups in total. The van der Waals surface area contributed by atoms with E-state index in [0.29, 0.717) is 11.3 Å². The number of rotatable bonds is 5. The Morgan fingerprint density at radius 1 is 1.38 bits per heavy atom. The Morgan fingerprint density at radius 3 is 2.75 bits per heavy atom. The average Bonchev–Trinajstić information content (AvgIpc) is 2.29. The zero-order chi connectivity index (χ0) is 12.0. The van der Waals surface area contributed by atoms with Gasteiger partial charge in [-0.25, -0.2) is 0 Å². The van der Waals surface area contributed by atoms with E-state index in [2.05, 4.69) is 10.0 Å². The first kappa shape index (κ1) is 12.5. The van der Waals surface area contributed by atoms with Gasteiger partial charge in [0.25, 0.3) is 0 Å². The summed E-state index contributed by atoms with van der Waals surface area (Å²) in [6.07, 6.45) is -2.04. The number of aliphatic hydroxyl groups excluding tert-OH is 3. The molecule has 1 rings (SSSR count). The second-order valence-electron chi connectivity index (χ2n) is 3.31. The molecule has 6 nitrogen and oxygen atoms in total. The van der Waals surface area contributed by atoms with Gasteiger partial charge < -0.3 is 15.3 Å². The maximum atomic E-state index is 9.72. The SMILES string of the molecule is [N-]=[N+]=Nc1cccc(C(O)C(O)CCO)c1. The van der Waals surface area contributed by atoms with Crippen molar-refractivity contribution in [3.05, 3.63) is 40.3 Å². The minimum absolute atomic E-state index is 0.0902. The highest BCUT2D eigenvalue weighted by Crippen LogP contribution is 2.23. The molecule has 0 bridgehead atoms. The average molecular weight is 223 g/mol. The van der Waals surface area contributed by atoms with Crippen molar-refractivity contribution >= 4 is 5.69 Å². The van der Waals surface area contributed by atoms with E-state index in [1.807, 2.05) is 0 Å². The van der Waals surface area contributed by atoms with Crippen LogP contribution in [0.2, 0.25) is 0 Å². The van der Waals surface area contributed by atoms with Crippen LogP contribution in [0.15, 0.2) is 29.4 Å². The molecule has 86 valence electrons. The molecule has 0 spiro atoms. The van der Waals surface area contributed by atoms with Crippen LogP contribution in [0.3, 0.4) is 0 Å². The smallest absolute Gasteiger partial charge is 0.105 e. The summed E-state index contributed by atoms with van der Waals surface area (Å²) in [4.78, 5) is 2.63. The lowest BCUT2D eigenvalue weighted by Gasteiger charge is -2.17. The summed E-state index contributed by atoms with van der Waals surface area (Å²) >= 11 is 0. The maximum absolute atomic E-state index is 9.72. The van der Waals surface area contributed by atoms with Gasteiger partial charge in [-0.2, -0.15) is 0 Å². The predicted octanol–water partition coefficient (Wildman–Crippen LogP) is 1.41. The zero-order valence-electron chi connectivity index (χ0n) is 8.56. The summed E-state index contributed by atoms with van der Waals surface area (Å²) in [6.45, 7) is -0.200. The van der Waals surface area contributed by atoms with E-state index in [4.69, 9.17) is 10.6 Å². The third-order valence-electron chi connectivity index (χ3n) is 2.16. The zero-order valence-corrected chi connectivity index (χ0v) is 8.56. The summed E-state index contributed by atoms with van der Waals surface area (Å²) in [7, 11) is 0. The summed E-state index contributed by atoms with van der Waals surface area (Å²) in [6, 6.07) is 6.31. The Balaban J connectivity index is 2.86. The van der Waals surface area contributed by atoms with Crippen LogP contribution in [0.1, 0.15) is 18.1 Å². The first-order valence-corrected chi connectivity index (χ1v) is 4.81. The second-order valence-corrected chi connectivity index (χ2v) is 3.31. The standard InChI is InChI=1S/C10H13N3O3/c11-13-12-8-3-1-2-7(6-8)10(16)9(15)4-5-14/h1-3,6,9-10,14-16H,4-5H2. The second kappa shape index (κ2) is 6.09. The minimum Gasteiger partial charge on any atom is -0.396 e. The highest BCUT2D eigenvalue weighted by atomic mass is 16.3. The molecule has 6 heteroatoms. The normalized spacial score (nSPS) is 13.9. The van der Waals surface area contributed by atoms with E-state index in [0.717, 1.165) is 0 Å². The van der Waals surface area contributed by atoms with Crippen molar-refractivity contribution < 1.29 is 15.3 Å². The van der Waals surface area contributed by atoms with Gasteiger partial charge in [0, 0.05) is 17.2 Å². The Bertz CT molecular complexity index is 391. The fourth-order valence-corrected chi connectivity index (χ4v) is 1.33. The number of hydrogen-bond donors (Lipinski definition) is 3. The van der Waals surface area contributed by atoms with Crippen molar-refractivity contribution in [3.63, 3.8) is 0 Å². The van der Waals surface area contributed by atoms with Gasteiger partial charge in [-0.3, -0.25) is 0 Å². The Kier molecular flexibility index (Phi) is 4.75. The molecule has 0 aromatic heterocycles. The quantitative estimate of drug-likeness (QED) is 0.398. The Labute approximate surface area is 92.4 Å². The lowest BCUT2D eigenvalue weighted by molar-refractivity contribution is 0.00424. The largest absolute Gasteiger partial charge is 0.396 e. The molecule has 0 saturated carbocycles.